The largest absolute Gasteiger partial charge is 0.415 e. The lowest BCUT2D eigenvalue weighted by Crippen LogP contribution is -2.42. The number of hydrogen-bond donors (Lipinski definition) is 0. The van der Waals surface area contributed by atoms with Crippen molar-refractivity contribution in [2.45, 2.75) is 39.8 Å². The summed E-state index contributed by atoms with van der Waals surface area (Å²) in [5.74, 6) is 0.434. The maximum Gasteiger partial charge on any atom is 0.415 e. The van der Waals surface area contributed by atoms with Crippen molar-refractivity contribution in [3.05, 3.63) is 66.5 Å². The van der Waals surface area contributed by atoms with Gasteiger partial charge in [0.1, 0.15) is 5.76 Å². The summed E-state index contributed by atoms with van der Waals surface area (Å²) in [4.78, 5) is 13.9. The zero-order chi connectivity index (χ0) is 16.5. The lowest BCUT2D eigenvalue weighted by molar-refractivity contribution is 0.104. The standard InChI is InChI=1S/C19H25NO2/c1-6-18(14-10-13-17-11-8-7-9-12-17)22-19(21)20(15(2)3)16(4)5/h6-16H,1H2,2-5H3/b13-10+,18-14+. The Labute approximate surface area is 133 Å². The van der Waals surface area contributed by atoms with Gasteiger partial charge in [-0.2, -0.15) is 0 Å². The molecule has 1 rings (SSSR count). The van der Waals surface area contributed by atoms with Crippen molar-refractivity contribution < 1.29 is 9.53 Å². The maximum atomic E-state index is 12.2. The highest BCUT2D eigenvalue weighted by atomic mass is 16.6. The number of hydrogen-bond acceptors (Lipinski definition) is 2. The predicted octanol–water partition coefficient (Wildman–Crippen LogP) is 5.03. The summed E-state index contributed by atoms with van der Waals surface area (Å²) < 4.78 is 5.40. The molecule has 0 N–H and O–H groups in total. The van der Waals surface area contributed by atoms with Gasteiger partial charge in [-0.3, -0.25) is 0 Å². The van der Waals surface area contributed by atoms with E-state index >= 15 is 0 Å². The van der Waals surface area contributed by atoms with Crippen molar-refractivity contribution in [1.82, 2.24) is 4.90 Å². The number of ether oxygens (including phenoxy) is 1. The normalized spacial score (nSPS) is 12.0. The molecule has 3 nitrogen and oxygen atoms in total. The quantitative estimate of drug-likeness (QED) is 0.545. The predicted molar refractivity (Wildman–Crippen MR) is 92.3 cm³/mol. The van der Waals surface area contributed by atoms with E-state index in [2.05, 4.69) is 6.58 Å². The molecule has 0 aliphatic carbocycles. The molecule has 3 heteroatoms. The van der Waals surface area contributed by atoms with Crippen molar-refractivity contribution in [3.8, 4) is 0 Å². The van der Waals surface area contributed by atoms with Crippen LogP contribution < -0.4 is 0 Å². The first kappa shape index (κ1) is 17.8. The third-order valence-electron chi connectivity index (χ3n) is 3.08. The Morgan fingerprint density at radius 1 is 1.14 bits per heavy atom. The Hall–Kier alpha value is -2.29. The van der Waals surface area contributed by atoms with Crippen LogP contribution in [0, 0.1) is 0 Å². The molecular weight excluding hydrogens is 274 g/mol. The molecule has 0 heterocycles. The summed E-state index contributed by atoms with van der Waals surface area (Å²) in [5, 5.41) is 0. The van der Waals surface area contributed by atoms with Crippen LogP contribution in [0.5, 0.6) is 0 Å². The minimum Gasteiger partial charge on any atom is -0.410 e. The molecule has 0 aliphatic heterocycles. The molecule has 0 spiro atoms. The summed E-state index contributed by atoms with van der Waals surface area (Å²) >= 11 is 0. The number of nitrogens with zero attached hydrogens (tertiary/aromatic N) is 1. The summed E-state index contributed by atoms with van der Waals surface area (Å²) in [6, 6.07) is 10.1. The van der Waals surface area contributed by atoms with Crippen LogP contribution in [-0.2, 0) is 4.74 Å². The van der Waals surface area contributed by atoms with Crippen LogP contribution in [0.15, 0.2) is 60.9 Å². The number of carbonyl (C=O) groups excluding carboxylic acids is 1. The molecule has 0 aliphatic rings. The minimum absolute atomic E-state index is 0.0819. The van der Waals surface area contributed by atoms with Crippen molar-refractivity contribution >= 4 is 12.2 Å². The molecule has 0 aromatic heterocycles. The van der Waals surface area contributed by atoms with Gasteiger partial charge in [0, 0.05) is 12.1 Å². The van der Waals surface area contributed by atoms with Gasteiger partial charge in [-0.15, -0.1) is 0 Å². The highest BCUT2D eigenvalue weighted by molar-refractivity contribution is 5.70. The molecular formula is C19H25NO2. The minimum atomic E-state index is -0.357. The van der Waals surface area contributed by atoms with Crippen LogP contribution in [0.1, 0.15) is 33.3 Å². The molecule has 0 fully saturated rings. The van der Waals surface area contributed by atoms with Crippen LogP contribution in [0.3, 0.4) is 0 Å². The van der Waals surface area contributed by atoms with E-state index < -0.39 is 0 Å². The Kier molecular flexibility index (Phi) is 7.17. The van der Waals surface area contributed by atoms with Crippen molar-refractivity contribution in [2.75, 3.05) is 0 Å². The second-order valence-electron chi connectivity index (χ2n) is 5.51. The fourth-order valence-electron chi connectivity index (χ4n) is 2.13. The van der Waals surface area contributed by atoms with Gasteiger partial charge in [-0.25, -0.2) is 4.79 Å². The zero-order valence-electron chi connectivity index (χ0n) is 13.8. The average molecular weight is 299 g/mol. The van der Waals surface area contributed by atoms with Crippen LogP contribution >= 0.6 is 0 Å². The molecule has 0 saturated carbocycles. The van der Waals surface area contributed by atoms with Gasteiger partial charge < -0.3 is 9.64 Å². The molecule has 0 radical (unpaired) electrons. The molecule has 1 amide bonds. The van der Waals surface area contributed by atoms with Crippen molar-refractivity contribution in [3.63, 3.8) is 0 Å². The molecule has 1 aromatic carbocycles. The summed E-state index contributed by atoms with van der Waals surface area (Å²) in [7, 11) is 0. The fraction of sp³-hybridized carbons (Fsp3) is 0.316. The molecule has 118 valence electrons. The summed E-state index contributed by atoms with van der Waals surface area (Å²) in [6.45, 7) is 11.6. The van der Waals surface area contributed by atoms with Gasteiger partial charge in [0.05, 0.1) is 0 Å². The van der Waals surface area contributed by atoms with E-state index in [1.165, 1.54) is 6.08 Å². The molecule has 0 unspecified atom stereocenters. The number of rotatable bonds is 6. The first-order valence-electron chi connectivity index (χ1n) is 7.51. The molecule has 0 saturated heterocycles. The first-order valence-corrected chi connectivity index (χ1v) is 7.51. The molecule has 0 atom stereocenters. The fourth-order valence-corrected chi connectivity index (χ4v) is 2.13. The first-order chi connectivity index (χ1) is 10.5. The second-order valence-corrected chi connectivity index (χ2v) is 5.51. The van der Waals surface area contributed by atoms with E-state index in [4.69, 9.17) is 4.74 Å². The topological polar surface area (TPSA) is 29.5 Å². The Balaban J connectivity index is 2.75. The zero-order valence-corrected chi connectivity index (χ0v) is 13.8. The van der Waals surface area contributed by atoms with Gasteiger partial charge in [0.15, 0.2) is 0 Å². The molecule has 22 heavy (non-hydrogen) atoms. The van der Waals surface area contributed by atoms with E-state index in [1.807, 2.05) is 70.2 Å². The van der Waals surface area contributed by atoms with E-state index in [0.29, 0.717) is 5.76 Å². The Morgan fingerprint density at radius 2 is 1.73 bits per heavy atom. The molecule has 1 aromatic rings. The van der Waals surface area contributed by atoms with E-state index in [-0.39, 0.29) is 18.2 Å². The van der Waals surface area contributed by atoms with E-state index in [1.54, 1.807) is 11.0 Å². The van der Waals surface area contributed by atoms with Gasteiger partial charge in [0.25, 0.3) is 0 Å². The number of allylic oxidation sites excluding steroid dienone is 3. The van der Waals surface area contributed by atoms with Gasteiger partial charge in [-0.1, -0.05) is 49.1 Å². The van der Waals surface area contributed by atoms with Gasteiger partial charge in [0.2, 0.25) is 0 Å². The summed E-state index contributed by atoms with van der Waals surface area (Å²) in [6.07, 6.45) is 6.70. The van der Waals surface area contributed by atoms with Gasteiger partial charge in [-0.05, 0) is 45.4 Å². The lowest BCUT2D eigenvalue weighted by Gasteiger charge is -2.29. The second kappa shape index (κ2) is 8.88. The lowest BCUT2D eigenvalue weighted by atomic mass is 10.2. The van der Waals surface area contributed by atoms with Crippen molar-refractivity contribution in [2.24, 2.45) is 0 Å². The monoisotopic (exact) mass is 299 g/mol. The highest BCUT2D eigenvalue weighted by Crippen LogP contribution is 2.11. The number of benzene rings is 1. The van der Waals surface area contributed by atoms with Crippen molar-refractivity contribution in [1.29, 1.82) is 0 Å². The highest BCUT2D eigenvalue weighted by Gasteiger charge is 2.21. The third-order valence-corrected chi connectivity index (χ3v) is 3.08. The van der Waals surface area contributed by atoms with Crippen LogP contribution in [0.4, 0.5) is 4.79 Å². The van der Waals surface area contributed by atoms with E-state index in [0.717, 1.165) is 5.56 Å². The smallest absolute Gasteiger partial charge is 0.410 e. The Morgan fingerprint density at radius 3 is 2.23 bits per heavy atom. The molecule has 0 bridgehead atoms. The average Bonchev–Trinajstić information content (AvgIpc) is 2.46. The third kappa shape index (κ3) is 5.60. The summed E-state index contributed by atoms with van der Waals surface area (Å²) in [5.41, 5.74) is 1.08. The maximum absolute atomic E-state index is 12.2. The van der Waals surface area contributed by atoms with Crippen LogP contribution in [0.25, 0.3) is 6.08 Å². The number of amides is 1. The SMILES string of the molecule is C=C/C(=C\C=C\c1ccccc1)OC(=O)N(C(C)C)C(C)C. The van der Waals surface area contributed by atoms with E-state index in [9.17, 15) is 4.79 Å². The number of carbonyl (C=O) groups is 1. The Bertz CT molecular complexity index is 534. The van der Waals surface area contributed by atoms with Gasteiger partial charge >= 0.3 is 6.09 Å². The van der Waals surface area contributed by atoms with Crippen LogP contribution in [-0.4, -0.2) is 23.1 Å². The van der Waals surface area contributed by atoms with Crippen LogP contribution in [0.2, 0.25) is 0 Å².